The number of hydrogen-bond acceptors (Lipinski definition) is 3. The maximum atomic E-state index is 10.2. The highest BCUT2D eigenvalue weighted by atomic mass is 16.3. The highest BCUT2D eigenvalue weighted by Gasteiger charge is 2.31. The van der Waals surface area contributed by atoms with Crippen molar-refractivity contribution in [2.24, 2.45) is 0 Å². The normalized spacial score (nSPS) is 20.9. The third-order valence-electron chi connectivity index (χ3n) is 4.21. The molecular formula is C17H20N2O. The standard InChI is InChI=1S/C17H20N2O/c1-11-3-4-15(20)17-14(9-12(2)16(11)17)19-10-13-5-7-18-8-6-13/h3-8,12,14,19-20H,9-10H2,1-2H3. The average Bonchev–Trinajstić information content (AvgIpc) is 2.80. The van der Waals surface area contributed by atoms with E-state index in [0.717, 1.165) is 18.5 Å². The van der Waals surface area contributed by atoms with Crippen molar-refractivity contribution in [2.75, 3.05) is 0 Å². The lowest BCUT2D eigenvalue weighted by Gasteiger charge is -2.16. The highest BCUT2D eigenvalue weighted by Crippen LogP contribution is 2.45. The first-order chi connectivity index (χ1) is 9.66. The molecule has 1 aliphatic rings. The molecule has 3 heteroatoms. The fraction of sp³-hybridized carbons (Fsp3) is 0.353. The fourth-order valence-corrected chi connectivity index (χ4v) is 3.27. The lowest BCUT2D eigenvalue weighted by molar-refractivity contribution is 0.445. The number of nitrogens with one attached hydrogen (secondary N) is 1. The third kappa shape index (κ3) is 2.29. The first-order valence-corrected chi connectivity index (χ1v) is 7.11. The molecular weight excluding hydrogens is 248 g/mol. The van der Waals surface area contributed by atoms with Gasteiger partial charge >= 0.3 is 0 Å². The van der Waals surface area contributed by atoms with Gasteiger partial charge in [0.1, 0.15) is 5.75 Å². The van der Waals surface area contributed by atoms with E-state index in [0.29, 0.717) is 11.7 Å². The molecule has 2 N–H and O–H groups in total. The summed E-state index contributed by atoms with van der Waals surface area (Å²) in [7, 11) is 0. The van der Waals surface area contributed by atoms with Gasteiger partial charge in [0.15, 0.2) is 0 Å². The van der Waals surface area contributed by atoms with Crippen LogP contribution in [0, 0.1) is 6.92 Å². The molecule has 0 bridgehead atoms. The van der Waals surface area contributed by atoms with E-state index in [4.69, 9.17) is 0 Å². The number of rotatable bonds is 3. The van der Waals surface area contributed by atoms with E-state index in [-0.39, 0.29) is 6.04 Å². The predicted molar refractivity (Wildman–Crippen MR) is 79.7 cm³/mol. The van der Waals surface area contributed by atoms with Crippen molar-refractivity contribution in [3.63, 3.8) is 0 Å². The number of phenolic OH excluding ortho intramolecular Hbond substituents is 1. The summed E-state index contributed by atoms with van der Waals surface area (Å²) < 4.78 is 0. The zero-order valence-corrected chi connectivity index (χ0v) is 11.9. The van der Waals surface area contributed by atoms with Gasteiger partial charge in [0.25, 0.3) is 0 Å². The number of hydrogen-bond donors (Lipinski definition) is 2. The zero-order valence-electron chi connectivity index (χ0n) is 11.9. The summed E-state index contributed by atoms with van der Waals surface area (Å²) in [6.07, 6.45) is 4.66. The number of nitrogens with zero attached hydrogens (tertiary/aromatic N) is 1. The van der Waals surface area contributed by atoms with Crippen molar-refractivity contribution in [1.29, 1.82) is 0 Å². The maximum Gasteiger partial charge on any atom is 0.120 e. The largest absolute Gasteiger partial charge is 0.508 e. The SMILES string of the molecule is Cc1ccc(O)c2c1C(C)CC2NCc1ccncc1. The quantitative estimate of drug-likeness (QED) is 0.896. The first-order valence-electron chi connectivity index (χ1n) is 7.11. The molecule has 0 aliphatic heterocycles. The minimum atomic E-state index is 0.230. The lowest BCUT2D eigenvalue weighted by Crippen LogP contribution is -2.19. The van der Waals surface area contributed by atoms with Crippen molar-refractivity contribution in [1.82, 2.24) is 10.3 Å². The number of aromatic nitrogens is 1. The third-order valence-corrected chi connectivity index (χ3v) is 4.21. The molecule has 0 amide bonds. The first kappa shape index (κ1) is 13.1. The van der Waals surface area contributed by atoms with Crippen LogP contribution in [0.2, 0.25) is 0 Å². The van der Waals surface area contributed by atoms with Crippen LogP contribution in [0.4, 0.5) is 0 Å². The number of pyridine rings is 1. The summed E-state index contributed by atoms with van der Waals surface area (Å²) in [4.78, 5) is 4.03. The molecule has 0 saturated heterocycles. The molecule has 2 atom stereocenters. The number of aryl methyl sites for hydroxylation is 1. The van der Waals surface area contributed by atoms with Gasteiger partial charge < -0.3 is 10.4 Å². The van der Waals surface area contributed by atoms with Crippen LogP contribution in [0.5, 0.6) is 5.75 Å². The van der Waals surface area contributed by atoms with Crippen LogP contribution >= 0.6 is 0 Å². The summed E-state index contributed by atoms with van der Waals surface area (Å²) >= 11 is 0. The van der Waals surface area contributed by atoms with E-state index in [1.165, 1.54) is 16.7 Å². The van der Waals surface area contributed by atoms with E-state index < -0.39 is 0 Å². The summed E-state index contributed by atoms with van der Waals surface area (Å²) in [5.41, 5.74) is 4.90. The molecule has 2 unspecified atom stereocenters. The van der Waals surface area contributed by atoms with E-state index in [1.807, 2.05) is 36.7 Å². The van der Waals surface area contributed by atoms with Gasteiger partial charge in [-0.3, -0.25) is 4.98 Å². The molecule has 1 aromatic carbocycles. The topological polar surface area (TPSA) is 45.1 Å². The molecule has 3 nitrogen and oxygen atoms in total. The van der Waals surface area contributed by atoms with Crippen LogP contribution in [0.1, 0.15) is 47.6 Å². The van der Waals surface area contributed by atoms with E-state index in [2.05, 4.69) is 24.1 Å². The summed E-state index contributed by atoms with van der Waals surface area (Å²) in [6, 6.07) is 8.08. The zero-order chi connectivity index (χ0) is 14.1. The molecule has 0 fully saturated rings. The monoisotopic (exact) mass is 268 g/mol. The maximum absolute atomic E-state index is 10.2. The summed E-state index contributed by atoms with van der Waals surface area (Å²) in [5.74, 6) is 0.911. The highest BCUT2D eigenvalue weighted by molar-refractivity contribution is 5.50. The van der Waals surface area contributed by atoms with Crippen LogP contribution in [-0.2, 0) is 6.54 Å². The Bertz CT molecular complexity index is 610. The van der Waals surface area contributed by atoms with Gasteiger partial charge in [-0.1, -0.05) is 13.0 Å². The Balaban J connectivity index is 1.83. The van der Waals surface area contributed by atoms with Gasteiger partial charge in [-0.15, -0.1) is 0 Å². The van der Waals surface area contributed by atoms with Crippen LogP contribution in [0.25, 0.3) is 0 Å². The molecule has 0 spiro atoms. The Labute approximate surface area is 119 Å². The Morgan fingerprint density at radius 1 is 1.20 bits per heavy atom. The molecule has 1 aliphatic carbocycles. The second-order valence-corrected chi connectivity index (χ2v) is 5.65. The van der Waals surface area contributed by atoms with Crippen LogP contribution < -0.4 is 5.32 Å². The van der Waals surface area contributed by atoms with Gasteiger partial charge in [0.2, 0.25) is 0 Å². The molecule has 104 valence electrons. The van der Waals surface area contributed by atoms with Crippen molar-refractivity contribution in [3.05, 3.63) is 58.9 Å². The Morgan fingerprint density at radius 3 is 2.70 bits per heavy atom. The molecule has 0 radical (unpaired) electrons. The number of benzene rings is 1. The molecule has 3 rings (SSSR count). The van der Waals surface area contributed by atoms with Crippen LogP contribution in [0.15, 0.2) is 36.7 Å². The van der Waals surface area contributed by atoms with Gasteiger partial charge in [0, 0.05) is 30.5 Å². The Morgan fingerprint density at radius 2 is 1.95 bits per heavy atom. The molecule has 0 saturated carbocycles. The predicted octanol–water partition coefficient (Wildman–Crippen LogP) is 3.43. The fourth-order valence-electron chi connectivity index (χ4n) is 3.27. The van der Waals surface area contributed by atoms with Gasteiger partial charge in [-0.25, -0.2) is 0 Å². The van der Waals surface area contributed by atoms with E-state index in [1.54, 1.807) is 0 Å². The number of fused-ring (bicyclic) bond motifs is 1. The molecule has 1 aromatic heterocycles. The minimum absolute atomic E-state index is 0.230. The summed E-state index contributed by atoms with van der Waals surface area (Å²) in [5, 5.41) is 13.8. The van der Waals surface area contributed by atoms with Crippen molar-refractivity contribution < 1.29 is 5.11 Å². The number of phenols is 1. The van der Waals surface area contributed by atoms with Crippen molar-refractivity contribution in [2.45, 2.75) is 38.8 Å². The van der Waals surface area contributed by atoms with Crippen molar-refractivity contribution in [3.8, 4) is 5.75 Å². The van der Waals surface area contributed by atoms with Gasteiger partial charge in [0.05, 0.1) is 0 Å². The number of aromatic hydroxyl groups is 1. The molecule has 1 heterocycles. The van der Waals surface area contributed by atoms with E-state index in [9.17, 15) is 5.11 Å². The van der Waals surface area contributed by atoms with Gasteiger partial charge in [-0.05, 0) is 54.2 Å². The summed E-state index contributed by atoms with van der Waals surface area (Å²) in [6.45, 7) is 5.16. The van der Waals surface area contributed by atoms with E-state index >= 15 is 0 Å². The smallest absolute Gasteiger partial charge is 0.120 e. The molecule has 2 aromatic rings. The second kappa shape index (κ2) is 5.25. The van der Waals surface area contributed by atoms with Crippen LogP contribution in [-0.4, -0.2) is 10.1 Å². The van der Waals surface area contributed by atoms with Crippen molar-refractivity contribution >= 4 is 0 Å². The van der Waals surface area contributed by atoms with Crippen LogP contribution in [0.3, 0.4) is 0 Å². The average molecular weight is 268 g/mol. The Kier molecular flexibility index (Phi) is 3.45. The molecule has 20 heavy (non-hydrogen) atoms. The minimum Gasteiger partial charge on any atom is -0.508 e. The van der Waals surface area contributed by atoms with Gasteiger partial charge in [-0.2, -0.15) is 0 Å². The lowest BCUT2D eigenvalue weighted by atomic mass is 9.97. The Hall–Kier alpha value is -1.87. The second-order valence-electron chi connectivity index (χ2n) is 5.65.